The SMILES string of the molecule is CC(=O)OC[C@H]1O[C@@H](n2c(=O)sc3cnc(N)nc32)[C@H](O)[C@H]1OS(=O)(=O)c1ccc(C)cc1. The van der Waals surface area contributed by atoms with E-state index in [-0.39, 0.29) is 16.5 Å². The van der Waals surface area contributed by atoms with Gasteiger partial charge in [0.1, 0.15) is 24.9 Å². The fourth-order valence-corrected chi connectivity index (χ4v) is 5.29. The predicted molar refractivity (Wildman–Crippen MR) is 116 cm³/mol. The Balaban J connectivity index is 1.71. The lowest BCUT2D eigenvalue weighted by molar-refractivity contribution is -0.147. The van der Waals surface area contributed by atoms with Crippen molar-refractivity contribution in [1.82, 2.24) is 14.5 Å². The first-order valence-electron chi connectivity index (χ1n) is 9.67. The van der Waals surface area contributed by atoms with Crippen LogP contribution in [0.2, 0.25) is 0 Å². The van der Waals surface area contributed by atoms with E-state index >= 15 is 0 Å². The van der Waals surface area contributed by atoms with Crippen molar-refractivity contribution in [2.45, 2.75) is 43.3 Å². The zero-order valence-electron chi connectivity index (χ0n) is 17.4. The molecule has 1 aliphatic rings. The average molecular weight is 497 g/mol. The monoisotopic (exact) mass is 496 g/mol. The number of aryl methyl sites for hydroxylation is 1. The van der Waals surface area contributed by atoms with E-state index < -0.39 is 52.1 Å². The second kappa shape index (κ2) is 8.79. The molecule has 0 unspecified atom stereocenters. The summed E-state index contributed by atoms with van der Waals surface area (Å²) in [6.45, 7) is 2.55. The number of hydrogen-bond acceptors (Lipinski definition) is 12. The first kappa shape index (κ1) is 23.3. The van der Waals surface area contributed by atoms with Crippen LogP contribution >= 0.6 is 11.3 Å². The van der Waals surface area contributed by atoms with Crippen LogP contribution in [0.3, 0.4) is 0 Å². The molecule has 1 aliphatic heterocycles. The molecule has 33 heavy (non-hydrogen) atoms. The van der Waals surface area contributed by atoms with Crippen molar-refractivity contribution in [3.05, 3.63) is 45.7 Å². The van der Waals surface area contributed by atoms with E-state index in [1.807, 2.05) is 0 Å². The standard InChI is InChI=1S/C19H20N4O8S2/c1-9-3-5-11(6-4-9)33(27,28)31-15-12(8-29-10(2)24)30-17(14(15)25)23-16-13(32-19(23)26)7-21-18(20)22-16/h3-7,12,14-15,17,25H,8H2,1-2H3,(H2,20,21,22)/t12-,14-,15+,17-/m1/s1. The minimum atomic E-state index is -4.33. The highest BCUT2D eigenvalue weighted by atomic mass is 32.2. The number of ether oxygens (including phenoxy) is 2. The molecule has 1 fully saturated rings. The molecule has 0 saturated carbocycles. The van der Waals surface area contributed by atoms with Crippen molar-refractivity contribution in [2.75, 3.05) is 12.3 Å². The van der Waals surface area contributed by atoms with Gasteiger partial charge in [0.25, 0.3) is 10.1 Å². The fourth-order valence-electron chi connectivity index (χ4n) is 3.37. The number of rotatable bonds is 6. The summed E-state index contributed by atoms with van der Waals surface area (Å²) in [6, 6.07) is 5.92. The van der Waals surface area contributed by atoms with Crippen LogP contribution in [0.5, 0.6) is 0 Å². The van der Waals surface area contributed by atoms with Gasteiger partial charge in [0.2, 0.25) is 5.95 Å². The Labute approximate surface area is 191 Å². The molecule has 4 rings (SSSR count). The lowest BCUT2D eigenvalue weighted by Gasteiger charge is -2.20. The van der Waals surface area contributed by atoms with Gasteiger partial charge >= 0.3 is 10.8 Å². The van der Waals surface area contributed by atoms with Crippen LogP contribution in [0.25, 0.3) is 10.3 Å². The lowest BCUT2D eigenvalue weighted by atomic mass is 10.1. The Morgan fingerprint density at radius 1 is 1.33 bits per heavy atom. The third kappa shape index (κ3) is 4.60. The molecule has 3 heterocycles. The predicted octanol–water partition coefficient (Wildman–Crippen LogP) is 0.339. The van der Waals surface area contributed by atoms with Crippen molar-refractivity contribution in [3.63, 3.8) is 0 Å². The van der Waals surface area contributed by atoms with Crippen LogP contribution in [0, 0.1) is 6.92 Å². The maximum atomic E-state index is 12.8. The summed E-state index contributed by atoms with van der Waals surface area (Å²) in [5.41, 5.74) is 6.58. The maximum Gasteiger partial charge on any atom is 0.311 e. The molecule has 1 saturated heterocycles. The molecular weight excluding hydrogens is 476 g/mol. The minimum Gasteiger partial charge on any atom is -0.463 e. The largest absolute Gasteiger partial charge is 0.463 e. The summed E-state index contributed by atoms with van der Waals surface area (Å²) in [7, 11) is -4.33. The summed E-state index contributed by atoms with van der Waals surface area (Å²) in [5.74, 6) is -0.747. The van der Waals surface area contributed by atoms with Gasteiger partial charge in [-0.1, -0.05) is 29.0 Å². The van der Waals surface area contributed by atoms with Crippen LogP contribution in [0.4, 0.5) is 5.95 Å². The summed E-state index contributed by atoms with van der Waals surface area (Å²) < 4.78 is 43.2. The molecule has 2 aromatic heterocycles. The second-order valence-electron chi connectivity index (χ2n) is 7.34. The third-order valence-electron chi connectivity index (χ3n) is 4.94. The van der Waals surface area contributed by atoms with Crippen LogP contribution in [0.1, 0.15) is 18.7 Å². The van der Waals surface area contributed by atoms with Crippen LogP contribution in [-0.2, 0) is 28.6 Å². The fraction of sp³-hybridized carbons (Fsp3) is 0.368. The van der Waals surface area contributed by atoms with Gasteiger partial charge in [-0.3, -0.25) is 18.3 Å². The number of fused-ring (bicyclic) bond motifs is 1. The maximum absolute atomic E-state index is 12.8. The molecule has 0 amide bonds. The number of nitrogens with zero attached hydrogens (tertiary/aromatic N) is 3. The quantitative estimate of drug-likeness (QED) is 0.356. The summed E-state index contributed by atoms with van der Waals surface area (Å²) in [6.07, 6.45) is -4.33. The van der Waals surface area contributed by atoms with Gasteiger partial charge in [-0.15, -0.1) is 0 Å². The van der Waals surface area contributed by atoms with Gasteiger partial charge < -0.3 is 20.3 Å². The molecule has 14 heteroatoms. The van der Waals surface area contributed by atoms with Crippen LogP contribution in [-0.4, -0.2) is 58.9 Å². The van der Waals surface area contributed by atoms with Crippen molar-refractivity contribution in [3.8, 4) is 0 Å². The lowest BCUT2D eigenvalue weighted by Crippen LogP contribution is -2.39. The van der Waals surface area contributed by atoms with E-state index in [1.54, 1.807) is 19.1 Å². The summed E-state index contributed by atoms with van der Waals surface area (Å²) >= 11 is 0.800. The van der Waals surface area contributed by atoms with Gasteiger partial charge in [-0.2, -0.15) is 13.4 Å². The Hall–Kier alpha value is -2.91. The molecule has 0 radical (unpaired) electrons. The highest BCUT2D eigenvalue weighted by molar-refractivity contribution is 7.86. The van der Waals surface area contributed by atoms with E-state index in [4.69, 9.17) is 19.4 Å². The van der Waals surface area contributed by atoms with Crippen molar-refractivity contribution >= 4 is 43.7 Å². The second-order valence-corrected chi connectivity index (χ2v) is 9.91. The number of aliphatic hydroxyl groups is 1. The number of carbonyl (C=O) groups excluding carboxylic acids is 1. The molecule has 12 nitrogen and oxygen atoms in total. The molecule has 3 N–H and O–H groups in total. The van der Waals surface area contributed by atoms with Gasteiger partial charge in [-0.05, 0) is 19.1 Å². The molecule has 1 aromatic carbocycles. The van der Waals surface area contributed by atoms with Crippen molar-refractivity contribution < 1.29 is 32.0 Å². The number of hydrogen-bond donors (Lipinski definition) is 2. The number of aliphatic hydroxyl groups excluding tert-OH is 1. The highest BCUT2D eigenvalue weighted by Gasteiger charge is 2.49. The van der Waals surface area contributed by atoms with E-state index in [2.05, 4.69) is 9.97 Å². The Morgan fingerprint density at radius 2 is 2.03 bits per heavy atom. The van der Waals surface area contributed by atoms with Crippen molar-refractivity contribution in [1.29, 1.82) is 0 Å². The zero-order valence-corrected chi connectivity index (χ0v) is 19.1. The smallest absolute Gasteiger partial charge is 0.311 e. The van der Waals surface area contributed by atoms with Crippen LogP contribution in [0.15, 0.2) is 40.2 Å². The number of benzene rings is 1. The number of aromatic nitrogens is 3. The van der Waals surface area contributed by atoms with Gasteiger partial charge in [0.15, 0.2) is 11.9 Å². The Morgan fingerprint density at radius 3 is 2.70 bits per heavy atom. The van der Waals surface area contributed by atoms with E-state index in [9.17, 15) is 23.1 Å². The topological polar surface area (TPSA) is 173 Å². The normalized spacial score (nSPS) is 23.1. The number of carbonyl (C=O) groups is 1. The molecule has 176 valence electrons. The van der Waals surface area contributed by atoms with E-state index in [0.717, 1.165) is 21.5 Å². The molecular formula is C19H20N4O8S2. The zero-order chi connectivity index (χ0) is 23.9. The van der Waals surface area contributed by atoms with E-state index in [0.29, 0.717) is 4.70 Å². The molecule has 4 atom stereocenters. The highest BCUT2D eigenvalue weighted by Crippen LogP contribution is 2.35. The first-order valence-corrected chi connectivity index (χ1v) is 11.9. The third-order valence-corrected chi connectivity index (χ3v) is 7.14. The number of anilines is 1. The Bertz CT molecular complexity index is 1350. The van der Waals surface area contributed by atoms with Gasteiger partial charge in [0, 0.05) is 6.92 Å². The van der Waals surface area contributed by atoms with E-state index in [1.165, 1.54) is 25.3 Å². The average Bonchev–Trinajstić information content (AvgIpc) is 3.22. The summed E-state index contributed by atoms with van der Waals surface area (Å²) in [4.78, 5) is 31.2. The van der Waals surface area contributed by atoms with Gasteiger partial charge in [-0.25, -0.2) is 4.98 Å². The summed E-state index contributed by atoms with van der Waals surface area (Å²) in [5, 5.41) is 11.0. The van der Waals surface area contributed by atoms with Crippen molar-refractivity contribution in [2.24, 2.45) is 0 Å². The Kier molecular flexibility index (Phi) is 6.20. The number of esters is 1. The number of nitrogen functional groups attached to an aromatic ring is 1. The van der Waals surface area contributed by atoms with Crippen LogP contribution < -0.4 is 10.6 Å². The molecule has 0 spiro atoms. The number of thiazole rings is 1. The number of nitrogens with two attached hydrogens (primary N) is 1. The first-order chi connectivity index (χ1) is 15.6. The van der Waals surface area contributed by atoms with Gasteiger partial charge in [0.05, 0.1) is 15.8 Å². The molecule has 0 aliphatic carbocycles. The molecule has 0 bridgehead atoms. The minimum absolute atomic E-state index is 0.104. The molecule has 3 aromatic rings.